The van der Waals surface area contributed by atoms with Crippen molar-refractivity contribution in [1.29, 1.82) is 0 Å². The fourth-order valence-electron chi connectivity index (χ4n) is 5.74. The third-order valence-corrected chi connectivity index (χ3v) is 8.27. The number of esters is 1. The van der Waals surface area contributed by atoms with Gasteiger partial charge in [-0.1, -0.05) is 125 Å². The van der Waals surface area contributed by atoms with E-state index in [9.17, 15) is 9.59 Å². The second kappa shape index (κ2) is 11.6. The Kier molecular flexibility index (Phi) is 7.55. The van der Waals surface area contributed by atoms with E-state index in [4.69, 9.17) is 4.74 Å². The zero-order chi connectivity index (χ0) is 29.1. The molecule has 0 aliphatic rings. The number of carbonyl (C=O) groups is 2. The quantitative estimate of drug-likeness (QED) is 0.0759. The van der Waals surface area contributed by atoms with E-state index >= 15 is 0 Å². The number of imidazole rings is 1. The lowest BCUT2D eigenvalue weighted by molar-refractivity contribution is 0.0600. The first-order valence-electron chi connectivity index (χ1n) is 13.5. The van der Waals surface area contributed by atoms with Crippen LogP contribution in [0.4, 0.5) is 0 Å². The normalized spacial score (nSPS) is 11.4. The van der Waals surface area contributed by atoms with Gasteiger partial charge in [0.2, 0.25) is 5.78 Å². The number of aromatic nitrogens is 2. The van der Waals surface area contributed by atoms with Crippen LogP contribution in [0.2, 0.25) is 0 Å². The first kappa shape index (κ1) is 27.4. The first-order chi connectivity index (χ1) is 20.6. The van der Waals surface area contributed by atoms with E-state index in [1.165, 1.54) is 7.11 Å². The maximum Gasteiger partial charge on any atom is 0.338 e. The molecule has 1 aromatic heterocycles. The minimum absolute atomic E-state index is 0.184. The van der Waals surface area contributed by atoms with Crippen LogP contribution in [0.3, 0.4) is 0 Å². The molecule has 0 spiro atoms. The maximum atomic E-state index is 13.9. The highest BCUT2D eigenvalue weighted by atomic mass is 79.9. The number of methoxy groups -OCH3 is 1. The van der Waals surface area contributed by atoms with Crippen molar-refractivity contribution in [1.82, 2.24) is 9.55 Å². The highest BCUT2D eigenvalue weighted by molar-refractivity contribution is 9.08. The first-order valence-corrected chi connectivity index (χ1v) is 14.7. The van der Waals surface area contributed by atoms with Gasteiger partial charge in [0.05, 0.1) is 19.0 Å². The summed E-state index contributed by atoms with van der Waals surface area (Å²) in [6.45, 7) is 0. The standard InChI is InChI=1S/C36H27BrN2O3/c1-42-35(41)31-20-17-25-21-26(18-19-30(25)32(31)22-37)34(40)33-23-39(24-38-33)36(27-11-5-2-6-12-27,28-13-7-3-8-14-28)29-15-9-4-10-16-29/h2-21,23-24H,22H2,1H3. The Morgan fingerprint density at radius 2 is 1.36 bits per heavy atom. The minimum Gasteiger partial charge on any atom is -0.465 e. The van der Waals surface area contributed by atoms with Crippen LogP contribution >= 0.6 is 15.9 Å². The van der Waals surface area contributed by atoms with E-state index in [1.807, 2.05) is 83.6 Å². The molecule has 0 aliphatic carbocycles. The molecule has 0 fully saturated rings. The van der Waals surface area contributed by atoms with Gasteiger partial charge < -0.3 is 9.30 Å². The number of ether oxygens (including phenoxy) is 1. The molecule has 0 saturated heterocycles. The van der Waals surface area contributed by atoms with E-state index < -0.39 is 11.5 Å². The van der Waals surface area contributed by atoms with Gasteiger partial charge >= 0.3 is 5.97 Å². The zero-order valence-corrected chi connectivity index (χ0v) is 24.5. The van der Waals surface area contributed by atoms with Crippen LogP contribution in [0.15, 0.2) is 134 Å². The molecule has 0 atom stereocenters. The lowest BCUT2D eigenvalue weighted by Gasteiger charge is -2.37. The lowest BCUT2D eigenvalue weighted by Crippen LogP contribution is -2.37. The molecular formula is C36H27BrN2O3. The van der Waals surface area contributed by atoms with Gasteiger partial charge in [-0.2, -0.15) is 0 Å². The molecule has 0 radical (unpaired) electrons. The Hall–Kier alpha value is -4.81. The van der Waals surface area contributed by atoms with E-state index in [-0.39, 0.29) is 5.78 Å². The van der Waals surface area contributed by atoms with Gasteiger partial charge in [0.1, 0.15) is 11.2 Å². The molecule has 0 amide bonds. The summed E-state index contributed by atoms with van der Waals surface area (Å²) in [5.74, 6) is -0.577. The van der Waals surface area contributed by atoms with Crippen LogP contribution in [0.1, 0.15) is 48.7 Å². The predicted octanol–water partition coefficient (Wildman–Crippen LogP) is 7.79. The number of halogens is 1. The smallest absolute Gasteiger partial charge is 0.338 e. The van der Waals surface area contributed by atoms with Crippen molar-refractivity contribution in [3.05, 3.63) is 173 Å². The molecule has 0 saturated carbocycles. The molecule has 6 heteroatoms. The number of hydrogen-bond acceptors (Lipinski definition) is 4. The van der Waals surface area contributed by atoms with Gasteiger partial charge in [0.25, 0.3) is 0 Å². The average molecular weight is 616 g/mol. The van der Waals surface area contributed by atoms with Gasteiger partial charge in [0.15, 0.2) is 0 Å². The third kappa shape index (κ3) is 4.64. The number of carbonyl (C=O) groups excluding carboxylic acids is 2. The molecule has 1 heterocycles. The topological polar surface area (TPSA) is 61.2 Å². The van der Waals surface area contributed by atoms with E-state index in [0.717, 1.165) is 33.0 Å². The third-order valence-electron chi connectivity index (χ3n) is 7.71. The van der Waals surface area contributed by atoms with Gasteiger partial charge in [-0.25, -0.2) is 9.78 Å². The number of fused-ring (bicyclic) bond motifs is 1. The number of ketones is 1. The molecule has 5 nitrogen and oxygen atoms in total. The second-order valence-electron chi connectivity index (χ2n) is 9.96. The van der Waals surface area contributed by atoms with Crippen molar-refractivity contribution in [2.45, 2.75) is 10.9 Å². The molecular weight excluding hydrogens is 588 g/mol. The maximum absolute atomic E-state index is 13.9. The largest absolute Gasteiger partial charge is 0.465 e. The molecule has 0 N–H and O–H groups in total. The van der Waals surface area contributed by atoms with Crippen molar-refractivity contribution < 1.29 is 14.3 Å². The molecule has 6 rings (SSSR count). The average Bonchev–Trinajstić information content (AvgIpc) is 3.55. The molecule has 206 valence electrons. The van der Waals surface area contributed by atoms with Crippen LogP contribution in [0.5, 0.6) is 0 Å². The van der Waals surface area contributed by atoms with Crippen molar-refractivity contribution in [2.75, 3.05) is 7.11 Å². The predicted molar refractivity (Wildman–Crippen MR) is 168 cm³/mol. The molecule has 5 aromatic carbocycles. The van der Waals surface area contributed by atoms with Crippen molar-refractivity contribution in [3.8, 4) is 0 Å². The van der Waals surface area contributed by atoms with Gasteiger partial charge in [-0.3, -0.25) is 4.79 Å². The van der Waals surface area contributed by atoms with Crippen molar-refractivity contribution >= 4 is 38.5 Å². The lowest BCUT2D eigenvalue weighted by atomic mass is 9.77. The van der Waals surface area contributed by atoms with E-state index in [0.29, 0.717) is 22.2 Å². The molecule has 6 aromatic rings. The number of nitrogens with zero attached hydrogens (tertiary/aromatic N) is 2. The molecule has 0 aliphatic heterocycles. The van der Waals surface area contributed by atoms with Gasteiger partial charge in [-0.05, 0) is 45.2 Å². The Balaban J connectivity index is 1.48. The Labute approximate surface area is 252 Å². The summed E-state index contributed by atoms with van der Waals surface area (Å²) in [5.41, 5.74) is 4.57. The Morgan fingerprint density at radius 3 is 1.88 bits per heavy atom. The van der Waals surface area contributed by atoms with Crippen molar-refractivity contribution in [2.24, 2.45) is 0 Å². The zero-order valence-electron chi connectivity index (χ0n) is 22.9. The summed E-state index contributed by atoms with van der Waals surface area (Å²) in [6.07, 6.45) is 3.58. The number of alkyl halides is 1. The summed E-state index contributed by atoms with van der Waals surface area (Å²) >= 11 is 3.50. The SMILES string of the molecule is COC(=O)c1ccc2cc(C(=O)c3cn(C(c4ccccc4)(c4ccccc4)c4ccccc4)cn3)ccc2c1CBr. The van der Waals surface area contributed by atoms with Crippen molar-refractivity contribution in [3.63, 3.8) is 0 Å². The monoisotopic (exact) mass is 614 g/mol. The second-order valence-corrected chi connectivity index (χ2v) is 10.5. The number of rotatable bonds is 8. The summed E-state index contributed by atoms with van der Waals surface area (Å²) in [7, 11) is 1.37. The van der Waals surface area contributed by atoms with Gasteiger partial charge in [0, 0.05) is 17.1 Å². The Morgan fingerprint density at radius 1 is 0.786 bits per heavy atom. The van der Waals surface area contributed by atoms with E-state index in [1.54, 1.807) is 18.5 Å². The van der Waals surface area contributed by atoms with Crippen LogP contribution in [0.25, 0.3) is 10.8 Å². The summed E-state index contributed by atoms with van der Waals surface area (Å²) < 4.78 is 6.98. The van der Waals surface area contributed by atoms with E-state index in [2.05, 4.69) is 57.3 Å². The summed E-state index contributed by atoms with van der Waals surface area (Å²) in [5, 5.41) is 2.22. The Bertz CT molecular complexity index is 1790. The highest BCUT2D eigenvalue weighted by Crippen LogP contribution is 2.41. The summed E-state index contributed by atoms with van der Waals surface area (Å²) in [6, 6.07) is 39.9. The minimum atomic E-state index is -0.756. The highest BCUT2D eigenvalue weighted by Gasteiger charge is 2.38. The number of hydrogen-bond donors (Lipinski definition) is 0. The fraction of sp³-hybridized carbons (Fsp3) is 0.0833. The molecule has 0 unspecified atom stereocenters. The van der Waals surface area contributed by atoms with Gasteiger partial charge in [-0.15, -0.1) is 0 Å². The fourth-order valence-corrected chi connectivity index (χ4v) is 6.34. The van der Waals surface area contributed by atoms with Crippen LogP contribution < -0.4 is 0 Å². The number of benzene rings is 5. The van der Waals surface area contributed by atoms with Crippen LogP contribution in [0, 0.1) is 0 Å². The summed E-state index contributed by atoms with van der Waals surface area (Å²) in [4.78, 5) is 30.8. The van der Waals surface area contributed by atoms with Crippen LogP contribution in [-0.4, -0.2) is 28.4 Å². The molecule has 0 bridgehead atoms. The van der Waals surface area contributed by atoms with Crippen LogP contribution in [-0.2, 0) is 15.6 Å². The molecule has 42 heavy (non-hydrogen) atoms.